The molecule has 94 valence electrons. The SMILES string of the molecule is CC(C)C1CC(NCC2CCC2)CN(C)C1. The van der Waals surface area contributed by atoms with Crippen LogP contribution in [0.1, 0.15) is 39.5 Å². The number of nitrogens with one attached hydrogen (secondary N) is 1. The summed E-state index contributed by atoms with van der Waals surface area (Å²) in [5.41, 5.74) is 0. The fraction of sp³-hybridized carbons (Fsp3) is 1.00. The number of rotatable bonds is 4. The van der Waals surface area contributed by atoms with Crippen molar-refractivity contribution in [2.24, 2.45) is 17.8 Å². The van der Waals surface area contributed by atoms with Crippen LogP contribution in [0, 0.1) is 17.8 Å². The molecule has 0 bridgehead atoms. The number of likely N-dealkylation sites (N-methyl/N-ethyl adjacent to an activating group) is 1. The Morgan fingerprint density at radius 1 is 1.25 bits per heavy atom. The summed E-state index contributed by atoms with van der Waals surface area (Å²) in [5.74, 6) is 2.71. The topological polar surface area (TPSA) is 15.3 Å². The van der Waals surface area contributed by atoms with Crippen molar-refractivity contribution in [1.29, 1.82) is 0 Å². The lowest BCUT2D eigenvalue weighted by Crippen LogP contribution is -2.50. The van der Waals surface area contributed by atoms with Gasteiger partial charge in [-0.2, -0.15) is 0 Å². The molecule has 2 heteroatoms. The molecule has 0 aromatic rings. The van der Waals surface area contributed by atoms with E-state index in [0.29, 0.717) is 0 Å². The van der Waals surface area contributed by atoms with E-state index < -0.39 is 0 Å². The molecule has 1 saturated heterocycles. The first-order valence-electron chi connectivity index (χ1n) is 7.07. The van der Waals surface area contributed by atoms with Gasteiger partial charge in [-0.1, -0.05) is 20.3 Å². The van der Waals surface area contributed by atoms with Crippen molar-refractivity contribution < 1.29 is 0 Å². The van der Waals surface area contributed by atoms with Crippen LogP contribution in [0.3, 0.4) is 0 Å². The normalized spacial score (nSPS) is 33.0. The molecule has 1 N–H and O–H groups in total. The predicted octanol–water partition coefficient (Wildman–Crippen LogP) is 2.35. The van der Waals surface area contributed by atoms with Gasteiger partial charge in [0, 0.05) is 19.1 Å². The van der Waals surface area contributed by atoms with Gasteiger partial charge >= 0.3 is 0 Å². The van der Waals surface area contributed by atoms with Crippen molar-refractivity contribution in [3.05, 3.63) is 0 Å². The van der Waals surface area contributed by atoms with Crippen molar-refractivity contribution in [1.82, 2.24) is 10.2 Å². The lowest BCUT2D eigenvalue weighted by Gasteiger charge is -2.39. The van der Waals surface area contributed by atoms with E-state index in [2.05, 4.69) is 31.1 Å². The van der Waals surface area contributed by atoms with Gasteiger partial charge in [-0.05, 0) is 50.6 Å². The van der Waals surface area contributed by atoms with Crippen LogP contribution >= 0.6 is 0 Å². The Kier molecular flexibility index (Phi) is 4.26. The highest BCUT2D eigenvalue weighted by Crippen LogP contribution is 2.27. The molecule has 2 rings (SSSR count). The summed E-state index contributed by atoms with van der Waals surface area (Å²) >= 11 is 0. The third-order valence-electron chi connectivity index (χ3n) is 4.53. The van der Waals surface area contributed by atoms with E-state index in [9.17, 15) is 0 Å². The average molecular weight is 224 g/mol. The second-order valence-corrected chi connectivity index (χ2v) is 6.36. The third kappa shape index (κ3) is 3.21. The van der Waals surface area contributed by atoms with Crippen molar-refractivity contribution in [3.63, 3.8) is 0 Å². The highest BCUT2D eigenvalue weighted by Gasteiger charge is 2.27. The summed E-state index contributed by atoms with van der Waals surface area (Å²) in [7, 11) is 2.27. The van der Waals surface area contributed by atoms with Crippen LogP contribution in [0.2, 0.25) is 0 Å². The van der Waals surface area contributed by atoms with E-state index >= 15 is 0 Å². The molecule has 2 atom stereocenters. The van der Waals surface area contributed by atoms with Crippen LogP contribution in [0.15, 0.2) is 0 Å². The van der Waals surface area contributed by atoms with Crippen LogP contribution in [-0.4, -0.2) is 37.6 Å². The Morgan fingerprint density at radius 2 is 2.00 bits per heavy atom. The van der Waals surface area contributed by atoms with Gasteiger partial charge in [0.2, 0.25) is 0 Å². The lowest BCUT2D eigenvalue weighted by molar-refractivity contribution is 0.133. The van der Waals surface area contributed by atoms with Gasteiger partial charge in [0.15, 0.2) is 0 Å². The minimum absolute atomic E-state index is 0.742. The molecular formula is C14H28N2. The van der Waals surface area contributed by atoms with Gasteiger partial charge in [-0.15, -0.1) is 0 Å². The zero-order valence-corrected chi connectivity index (χ0v) is 11.2. The van der Waals surface area contributed by atoms with E-state index in [1.54, 1.807) is 0 Å². The molecule has 2 unspecified atom stereocenters. The van der Waals surface area contributed by atoms with Crippen molar-refractivity contribution in [2.45, 2.75) is 45.6 Å². The Balaban J connectivity index is 1.74. The summed E-state index contributed by atoms with van der Waals surface area (Å²) in [6.07, 6.45) is 5.77. The molecule has 16 heavy (non-hydrogen) atoms. The maximum Gasteiger partial charge on any atom is 0.0198 e. The first kappa shape index (κ1) is 12.4. The van der Waals surface area contributed by atoms with E-state index in [-0.39, 0.29) is 0 Å². The molecule has 0 radical (unpaired) electrons. The number of piperidine rings is 1. The first-order chi connectivity index (χ1) is 7.65. The van der Waals surface area contributed by atoms with Gasteiger partial charge in [-0.3, -0.25) is 0 Å². The van der Waals surface area contributed by atoms with E-state index in [4.69, 9.17) is 0 Å². The maximum absolute atomic E-state index is 3.80. The van der Waals surface area contributed by atoms with Gasteiger partial charge in [0.05, 0.1) is 0 Å². The van der Waals surface area contributed by atoms with Gasteiger partial charge < -0.3 is 10.2 Å². The molecule has 0 aromatic carbocycles. The average Bonchev–Trinajstić information content (AvgIpc) is 2.14. The first-order valence-corrected chi connectivity index (χ1v) is 7.07. The second-order valence-electron chi connectivity index (χ2n) is 6.36. The Hall–Kier alpha value is -0.0800. The maximum atomic E-state index is 3.80. The molecule has 0 aromatic heterocycles. The minimum atomic E-state index is 0.742. The van der Waals surface area contributed by atoms with Crippen molar-refractivity contribution in [3.8, 4) is 0 Å². The van der Waals surface area contributed by atoms with Crippen LogP contribution in [-0.2, 0) is 0 Å². The third-order valence-corrected chi connectivity index (χ3v) is 4.53. The highest BCUT2D eigenvalue weighted by molar-refractivity contribution is 4.84. The molecule has 1 saturated carbocycles. The fourth-order valence-corrected chi connectivity index (χ4v) is 3.03. The molecule has 1 aliphatic carbocycles. The minimum Gasteiger partial charge on any atom is -0.312 e. The molecule has 0 spiro atoms. The lowest BCUT2D eigenvalue weighted by atomic mass is 9.83. The fourth-order valence-electron chi connectivity index (χ4n) is 3.03. The number of hydrogen-bond acceptors (Lipinski definition) is 2. The summed E-state index contributed by atoms with van der Waals surface area (Å²) in [4.78, 5) is 2.51. The number of nitrogens with zero attached hydrogens (tertiary/aromatic N) is 1. The Morgan fingerprint density at radius 3 is 2.56 bits per heavy atom. The van der Waals surface area contributed by atoms with Crippen LogP contribution in [0.5, 0.6) is 0 Å². The van der Waals surface area contributed by atoms with Crippen LogP contribution in [0.4, 0.5) is 0 Å². The summed E-state index contributed by atoms with van der Waals surface area (Å²) in [5, 5.41) is 3.80. The van der Waals surface area contributed by atoms with Crippen molar-refractivity contribution >= 4 is 0 Å². The molecule has 0 amide bonds. The van der Waals surface area contributed by atoms with E-state index in [1.807, 2.05) is 0 Å². The van der Waals surface area contributed by atoms with Gasteiger partial charge in [0.1, 0.15) is 0 Å². The molecule has 2 aliphatic rings. The molecule has 1 aliphatic heterocycles. The predicted molar refractivity (Wildman–Crippen MR) is 69.6 cm³/mol. The molecule has 2 fully saturated rings. The standard InChI is InChI=1S/C14H28N2/c1-11(2)13-7-14(10-16(3)9-13)15-8-12-5-4-6-12/h11-15H,4-10H2,1-3H3. The summed E-state index contributed by atoms with van der Waals surface area (Å²) in [6.45, 7) is 8.54. The highest BCUT2D eigenvalue weighted by atomic mass is 15.1. The molecule has 1 heterocycles. The summed E-state index contributed by atoms with van der Waals surface area (Å²) in [6, 6.07) is 0.742. The second kappa shape index (κ2) is 5.50. The largest absolute Gasteiger partial charge is 0.312 e. The zero-order valence-electron chi connectivity index (χ0n) is 11.2. The van der Waals surface area contributed by atoms with Crippen LogP contribution < -0.4 is 5.32 Å². The monoisotopic (exact) mass is 224 g/mol. The zero-order chi connectivity index (χ0) is 11.5. The smallest absolute Gasteiger partial charge is 0.0198 e. The van der Waals surface area contributed by atoms with Crippen molar-refractivity contribution in [2.75, 3.05) is 26.7 Å². The number of likely N-dealkylation sites (tertiary alicyclic amines) is 1. The Bertz CT molecular complexity index is 211. The van der Waals surface area contributed by atoms with E-state index in [0.717, 1.165) is 23.8 Å². The number of hydrogen-bond donors (Lipinski definition) is 1. The van der Waals surface area contributed by atoms with Gasteiger partial charge in [-0.25, -0.2) is 0 Å². The molecular weight excluding hydrogens is 196 g/mol. The van der Waals surface area contributed by atoms with Gasteiger partial charge in [0.25, 0.3) is 0 Å². The van der Waals surface area contributed by atoms with E-state index in [1.165, 1.54) is 45.3 Å². The molecule has 2 nitrogen and oxygen atoms in total. The summed E-state index contributed by atoms with van der Waals surface area (Å²) < 4.78 is 0. The Labute approximate surface area is 101 Å². The van der Waals surface area contributed by atoms with Crippen LogP contribution in [0.25, 0.3) is 0 Å². The quantitative estimate of drug-likeness (QED) is 0.788.